The number of fused-ring (bicyclic) bond motifs is 1. The SMILES string of the molecule is N=c1ncn(Cc2c(F)cccc2I)c2nc[nH]c12. The number of halogens is 2. The summed E-state index contributed by atoms with van der Waals surface area (Å²) in [5.74, 6) is -0.252. The average Bonchev–Trinajstić information content (AvgIpc) is 2.87. The van der Waals surface area contributed by atoms with Crippen molar-refractivity contribution in [2.45, 2.75) is 6.54 Å². The fourth-order valence-electron chi connectivity index (χ4n) is 1.90. The number of benzene rings is 1. The summed E-state index contributed by atoms with van der Waals surface area (Å²) in [6.07, 6.45) is 3.02. The Morgan fingerprint density at radius 3 is 3.00 bits per heavy atom. The number of nitrogens with zero attached hydrogens (tertiary/aromatic N) is 3. The van der Waals surface area contributed by atoms with Crippen LogP contribution in [0.1, 0.15) is 5.56 Å². The summed E-state index contributed by atoms with van der Waals surface area (Å²) >= 11 is 2.10. The Labute approximate surface area is 121 Å². The van der Waals surface area contributed by atoms with Crippen LogP contribution in [0.15, 0.2) is 30.9 Å². The summed E-state index contributed by atoms with van der Waals surface area (Å²) in [5, 5.41) is 7.67. The molecule has 0 aliphatic heterocycles. The lowest BCUT2D eigenvalue weighted by molar-refractivity contribution is 0.597. The molecule has 96 valence electrons. The van der Waals surface area contributed by atoms with E-state index in [1.165, 1.54) is 18.7 Å². The van der Waals surface area contributed by atoms with Gasteiger partial charge in [0.1, 0.15) is 11.3 Å². The van der Waals surface area contributed by atoms with Gasteiger partial charge in [0.05, 0.1) is 19.2 Å². The van der Waals surface area contributed by atoms with Gasteiger partial charge in [-0.25, -0.2) is 14.4 Å². The minimum absolute atomic E-state index is 0.131. The third-order valence-corrected chi connectivity index (χ3v) is 3.86. The molecule has 3 rings (SSSR count). The third-order valence-electron chi connectivity index (χ3n) is 2.84. The minimum atomic E-state index is -0.252. The van der Waals surface area contributed by atoms with Crippen LogP contribution in [0.2, 0.25) is 0 Å². The van der Waals surface area contributed by atoms with Gasteiger partial charge in [-0.2, -0.15) is 0 Å². The van der Waals surface area contributed by atoms with E-state index in [2.05, 4.69) is 37.5 Å². The highest BCUT2D eigenvalue weighted by atomic mass is 127. The largest absolute Gasteiger partial charge is 0.340 e. The summed E-state index contributed by atoms with van der Waals surface area (Å²) in [6.45, 7) is 0.333. The zero-order chi connectivity index (χ0) is 13.4. The molecule has 7 heteroatoms. The molecule has 3 aromatic rings. The van der Waals surface area contributed by atoms with Gasteiger partial charge in [-0.1, -0.05) is 6.07 Å². The third kappa shape index (κ3) is 2.14. The van der Waals surface area contributed by atoms with Gasteiger partial charge in [0, 0.05) is 9.13 Å². The second kappa shape index (κ2) is 4.72. The molecule has 19 heavy (non-hydrogen) atoms. The van der Waals surface area contributed by atoms with Crippen LogP contribution >= 0.6 is 22.6 Å². The van der Waals surface area contributed by atoms with E-state index in [1.54, 1.807) is 10.6 Å². The maximum Gasteiger partial charge on any atom is 0.173 e. The van der Waals surface area contributed by atoms with Crippen molar-refractivity contribution in [1.82, 2.24) is 19.5 Å². The van der Waals surface area contributed by atoms with E-state index in [4.69, 9.17) is 5.41 Å². The highest BCUT2D eigenvalue weighted by Crippen LogP contribution is 2.18. The van der Waals surface area contributed by atoms with Crippen molar-refractivity contribution >= 4 is 33.8 Å². The molecular weight excluding hydrogens is 360 g/mol. The molecule has 0 atom stereocenters. The highest BCUT2D eigenvalue weighted by molar-refractivity contribution is 14.1. The molecule has 0 radical (unpaired) electrons. The quantitative estimate of drug-likeness (QED) is 0.679. The molecule has 0 saturated heterocycles. The fraction of sp³-hybridized carbons (Fsp3) is 0.0833. The van der Waals surface area contributed by atoms with Gasteiger partial charge < -0.3 is 9.55 Å². The smallest absolute Gasteiger partial charge is 0.173 e. The van der Waals surface area contributed by atoms with Crippen molar-refractivity contribution < 1.29 is 4.39 Å². The molecule has 2 N–H and O–H groups in total. The van der Waals surface area contributed by atoms with E-state index in [0.29, 0.717) is 23.3 Å². The van der Waals surface area contributed by atoms with Crippen LogP contribution in [0, 0.1) is 14.8 Å². The zero-order valence-corrected chi connectivity index (χ0v) is 11.8. The predicted octanol–water partition coefficient (Wildman–Crippen LogP) is 2.03. The lowest BCUT2D eigenvalue weighted by Gasteiger charge is -2.09. The Morgan fingerprint density at radius 2 is 2.21 bits per heavy atom. The van der Waals surface area contributed by atoms with Gasteiger partial charge in [-0.15, -0.1) is 0 Å². The Bertz CT molecular complexity index is 787. The van der Waals surface area contributed by atoms with Gasteiger partial charge in [0.15, 0.2) is 11.1 Å². The lowest BCUT2D eigenvalue weighted by atomic mass is 10.2. The molecule has 1 aromatic carbocycles. The van der Waals surface area contributed by atoms with Gasteiger partial charge in [-0.3, -0.25) is 5.41 Å². The summed E-state index contributed by atoms with van der Waals surface area (Å²) in [4.78, 5) is 11.0. The first-order valence-electron chi connectivity index (χ1n) is 5.53. The first kappa shape index (κ1) is 12.3. The molecule has 0 aliphatic carbocycles. The first-order valence-corrected chi connectivity index (χ1v) is 6.60. The number of aromatic nitrogens is 4. The fourth-order valence-corrected chi connectivity index (χ4v) is 2.53. The molecule has 0 fully saturated rings. The van der Waals surface area contributed by atoms with Gasteiger partial charge >= 0.3 is 0 Å². The average molecular weight is 369 g/mol. The molecule has 0 bridgehead atoms. The molecule has 2 heterocycles. The number of imidazole rings is 1. The van der Waals surface area contributed by atoms with Crippen LogP contribution < -0.4 is 5.49 Å². The van der Waals surface area contributed by atoms with Crippen molar-refractivity contribution in [1.29, 1.82) is 5.41 Å². The van der Waals surface area contributed by atoms with E-state index in [9.17, 15) is 4.39 Å². The molecule has 5 nitrogen and oxygen atoms in total. The van der Waals surface area contributed by atoms with Gasteiger partial charge in [0.2, 0.25) is 0 Å². The lowest BCUT2D eigenvalue weighted by Crippen LogP contribution is -2.14. The van der Waals surface area contributed by atoms with Crippen molar-refractivity contribution in [3.8, 4) is 0 Å². The molecule has 0 saturated carbocycles. The first-order chi connectivity index (χ1) is 9.16. The molecule has 0 unspecified atom stereocenters. The number of nitrogens with one attached hydrogen (secondary N) is 2. The minimum Gasteiger partial charge on any atom is -0.340 e. The van der Waals surface area contributed by atoms with Crippen LogP contribution in [0.5, 0.6) is 0 Å². The maximum absolute atomic E-state index is 13.8. The normalized spacial score (nSPS) is 11.1. The zero-order valence-electron chi connectivity index (χ0n) is 9.69. The summed E-state index contributed by atoms with van der Waals surface area (Å²) in [6, 6.07) is 4.97. The summed E-state index contributed by atoms with van der Waals surface area (Å²) < 4.78 is 16.4. The molecular formula is C12H9FIN5. The van der Waals surface area contributed by atoms with Crippen molar-refractivity contribution in [3.05, 3.63) is 51.3 Å². The second-order valence-corrected chi connectivity index (χ2v) is 5.18. The number of rotatable bonds is 2. The number of H-pyrrole nitrogens is 1. The number of aromatic amines is 1. The van der Waals surface area contributed by atoms with E-state index < -0.39 is 0 Å². The van der Waals surface area contributed by atoms with Crippen LogP contribution in [0.25, 0.3) is 11.2 Å². The highest BCUT2D eigenvalue weighted by Gasteiger charge is 2.10. The van der Waals surface area contributed by atoms with Crippen LogP contribution in [-0.2, 0) is 6.54 Å². The van der Waals surface area contributed by atoms with Crippen molar-refractivity contribution in [2.24, 2.45) is 0 Å². The van der Waals surface area contributed by atoms with Crippen LogP contribution in [0.4, 0.5) is 4.39 Å². The predicted molar refractivity (Wildman–Crippen MR) is 76.0 cm³/mol. The Hall–Kier alpha value is -1.77. The van der Waals surface area contributed by atoms with E-state index in [1.807, 2.05) is 6.07 Å². The van der Waals surface area contributed by atoms with E-state index in [0.717, 1.165) is 3.57 Å². The Morgan fingerprint density at radius 1 is 1.37 bits per heavy atom. The van der Waals surface area contributed by atoms with Crippen molar-refractivity contribution in [2.75, 3.05) is 0 Å². The Balaban J connectivity index is 2.14. The summed E-state index contributed by atoms with van der Waals surface area (Å²) in [5.41, 5.74) is 1.87. The van der Waals surface area contributed by atoms with E-state index in [-0.39, 0.29) is 11.3 Å². The van der Waals surface area contributed by atoms with Gasteiger partial charge in [-0.05, 0) is 34.7 Å². The van der Waals surface area contributed by atoms with Gasteiger partial charge in [0.25, 0.3) is 0 Å². The number of hydrogen-bond acceptors (Lipinski definition) is 3. The second-order valence-electron chi connectivity index (χ2n) is 4.02. The number of hydrogen-bond donors (Lipinski definition) is 2. The molecule has 2 aromatic heterocycles. The topological polar surface area (TPSA) is 70.3 Å². The maximum atomic E-state index is 13.8. The summed E-state index contributed by atoms with van der Waals surface area (Å²) in [7, 11) is 0. The monoisotopic (exact) mass is 369 g/mol. The van der Waals surface area contributed by atoms with Crippen LogP contribution in [-0.4, -0.2) is 19.5 Å². The molecule has 0 aliphatic rings. The Kier molecular flexibility index (Phi) is 3.05. The van der Waals surface area contributed by atoms with Crippen molar-refractivity contribution in [3.63, 3.8) is 0 Å². The van der Waals surface area contributed by atoms with Crippen LogP contribution in [0.3, 0.4) is 0 Å². The van der Waals surface area contributed by atoms with E-state index >= 15 is 0 Å². The standard InChI is InChI=1S/C12H9FIN5/c13-8-2-1-3-9(14)7(8)4-19-6-18-11(15)10-12(19)17-5-16-10/h1-3,5-6,15H,4H2,(H,16,17). The molecule has 0 amide bonds. The molecule has 0 spiro atoms.